The maximum atomic E-state index is 12.2. The van der Waals surface area contributed by atoms with Gasteiger partial charge in [0.05, 0.1) is 0 Å². The molecule has 1 fully saturated rings. The van der Waals surface area contributed by atoms with E-state index in [4.69, 9.17) is 5.73 Å². The lowest BCUT2D eigenvalue weighted by Gasteiger charge is -2.18. The Bertz CT molecular complexity index is 595. The second kappa shape index (κ2) is 4.77. The fourth-order valence-electron chi connectivity index (χ4n) is 2.82. The van der Waals surface area contributed by atoms with E-state index in [2.05, 4.69) is 4.74 Å². The van der Waals surface area contributed by atoms with Gasteiger partial charge >= 0.3 is 6.36 Å². The minimum atomic E-state index is -4.72. The molecule has 1 aliphatic carbocycles. The molecule has 0 spiro atoms. The molecule has 4 nitrogen and oxygen atoms in total. The van der Waals surface area contributed by atoms with Crippen molar-refractivity contribution in [1.82, 2.24) is 0 Å². The summed E-state index contributed by atoms with van der Waals surface area (Å²) in [7, 11) is 0. The van der Waals surface area contributed by atoms with E-state index in [1.165, 1.54) is 24.3 Å². The summed E-state index contributed by atoms with van der Waals surface area (Å²) in [5.74, 6) is -0.324. The number of ether oxygens (including phenoxy) is 1. The van der Waals surface area contributed by atoms with Gasteiger partial charge < -0.3 is 15.4 Å². The summed E-state index contributed by atoms with van der Waals surface area (Å²) in [5.41, 5.74) is 7.04. The molecule has 112 valence electrons. The zero-order chi connectivity index (χ0) is 15.2. The second-order valence-corrected chi connectivity index (χ2v) is 5.18. The van der Waals surface area contributed by atoms with E-state index in [0.717, 1.165) is 6.42 Å². The summed E-state index contributed by atoms with van der Waals surface area (Å²) in [4.78, 5) is 13.8. The first-order valence-corrected chi connectivity index (χ1v) is 6.48. The Labute approximate surface area is 119 Å². The molecule has 0 bridgehead atoms. The van der Waals surface area contributed by atoms with Gasteiger partial charge in [-0.25, -0.2) is 0 Å². The van der Waals surface area contributed by atoms with Crippen molar-refractivity contribution >= 4 is 11.6 Å². The quantitative estimate of drug-likeness (QED) is 0.910. The van der Waals surface area contributed by atoms with E-state index in [-0.39, 0.29) is 23.6 Å². The zero-order valence-electron chi connectivity index (χ0n) is 10.9. The summed E-state index contributed by atoms with van der Waals surface area (Å²) in [6.07, 6.45) is -2.22. The van der Waals surface area contributed by atoms with E-state index in [0.29, 0.717) is 17.8 Å². The highest BCUT2D eigenvalue weighted by molar-refractivity contribution is 6.09. The topological polar surface area (TPSA) is 55.6 Å². The number of halogens is 3. The molecule has 1 heterocycles. The monoisotopic (exact) mass is 298 g/mol. The van der Waals surface area contributed by atoms with Crippen LogP contribution in [-0.2, 0) is 4.79 Å². The van der Waals surface area contributed by atoms with Crippen molar-refractivity contribution in [3.8, 4) is 5.75 Å². The number of rotatable bonds is 2. The van der Waals surface area contributed by atoms with Crippen molar-refractivity contribution in [3.63, 3.8) is 0 Å². The number of fused-ring (bicyclic) bond motifs is 1. The molecular formula is C14H13F3N2O2. The van der Waals surface area contributed by atoms with E-state index in [1.54, 1.807) is 11.0 Å². The van der Waals surface area contributed by atoms with Crippen LogP contribution >= 0.6 is 0 Å². The first kappa shape index (κ1) is 13.9. The van der Waals surface area contributed by atoms with Crippen LogP contribution in [0.15, 0.2) is 35.9 Å². The van der Waals surface area contributed by atoms with Crippen LogP contribution in [0.2, 0.25) is 0 Å². The number of nitrogens with two attached hydrogens (primary N) is 1. The molecule has 2 aliphatic rings. The van der Waals surface area contributed by atoms with Gasteiger partial charge in [-0.3, -0.25) is 4.79 Å². The lowest BCUT2D eigenvalue weighted by atomic mass is 10.1. The molecule has 3 rings (SSSR count). The summed E-state index contributed by atoms with van der Waals surface area (Å²) in [6, 6.07) is 5.20. The van der Waals surface area contributed by atoms with Gasteiger partial charge in [0, 0.05) is 29.8 Å². The third-order valence-corrected chi connectivity index (χ3v) is 3.67. The van der Waals surface area contributed by atoms with Crippen molar-refractivity contribution < 1.29 is 22.7 Å². The average Bonchev–Trinajstić information content (AvgIpc) is 2.87. The number of alkyl halides is 3. The molecular weight excluding hydrogens is 285 g/mol. The van der Waals surface area contributed by atoms with Gasteiger partial charge in [-0.05, 0) is 30.7 Å². The van der Waals surface area contributed by atoms with Crippen LogP contribution in [0.3, 0.4) is 0 Å². The minimum Gasteiger partial charge on any atom is -0.406 e. The average molecular weight is 298 g/mol. The van der Waals surface area contributed by atoms with Crippen LogP contribution in [0.1, 0.15) is 6.42 Å². The third kappa shape index (κ3) is 2.73. The molecule has 0 aromatic heterocycles. The number of nitrogens with zero attached hydrogens (tertiary/aromatic N) is 1. The van der Waals surface area contributed by atoms with E-state index >= 15 is 0 Å². The minimum absolute atomic E-state index is 0.0846. The molecule has 1 saturated heterocycles. The number of benzene rings is 1. The predicted octanol–water partition coefficient (Wildman–Crippen LogP) is 2.21. The smallest absolute Gasteiger partial charge is 0.406 e. The first-order valence-electron chi connectivity index (χ1n) is 6.48. The van der Waals surface area contributed by atoms with E-state index in [9.17, 15) is 18.0 Å². The SMILES string of the molecule is NC1C=C2C(=O)N(c3ccc(OC(F)(F)F)cc3)CC2C1. The Kier molecular flexibility index (Phi) is 3.16. The molecule has 7 heteroatoms. The van der Waals surface area contributed by atoms with Gasteiger partial charge in [0.2, 0.25) is 0 Å². The van der Waals surface area contributed by atoms with Gasteiger partial charge in [0.15, 0.2) is 0 Å². The largest absolute Gasteiger partial charge is 0.573 e. The second-order valence-electron chi connectivity index (χ2n) is 5.18. The van der Waals surface area contributed by atoms with Crippen molar-refractivity contribution in [2.75, 3.05) is 11.4 Å². The Balaban J connectivity index is 1.77. The van der Waals surface area contributed by atoms with Crippen LogP contribution in [0.25, 0.3) is 0 Å². The molecule has 1 aliphatic heterocycles. The van der Waals surface area contributed by atoms with Crippen LogP contribution in [0, 0.1) is 5.92 Å². The summed E-state index contributed by atoms with van der Waals surface area (Å²) < 4.78 is 40.1. The normalized spacial score (nSPS) is 25.0. The zero-order valence-corrected chi connectivity index (χ0v) is 10.9. The van der Waals surface area contributed by atoms with Gasteiger partial charge in [0.25, 0.3) is 5.91 Å². The molecule has 1 aromatic carbocycles. The summed E-state index contributed by atoms with van der Waals surface area (Å²) in [6.45, 7) is 0.512. The number of hydrogen-bond acceptors (Lipinski definition) is 3. The first-order chi connectivity index (χ1) is 9.83. The molecule has 21 heavy (non-hydrogen) atoms. The molecule has 0 radical (unpaired) electrons. The summed E-state index contributed by atoms with van der Waals surface area (Å²) >= 11 is 0. The van der Waals surface area contributed by atoms with Gasteiger partial charge in [0.1, 0.15) is 5.75 Å². The number of hydrogen-bond donors (Lipinski definition) is 1. The van der Waals surface area contributed by atoms with Crippen molar-refractivity contribution in [2.24, 2.45) is 11.7 Å². The molecule has 2 atom stereocenters. The fourth-order valence-corrected chi connectivity index (χ4v) is 2.82. The van der Waals surface area contributed by atoms with Gasteiger partial charge in [-0.2, -0.15) is 0 Å². The highest BCUT2D eigenvalue weighted by Crippen LogP contribution is 2.36. The molecule has 2 unspecified atom stereocenters. The maximum Gasteiger partial charge on any atom is 0.573 e. The Morgan fingerprint density at radius 2 is 1.90 bits per heavy atom. The summed E-state index contributed by atoms with van der Waals surface area (Å²) in [5, 5.41) is 0. The van der Waals surface area contributed by atoms with E-state index < -0.39 is 6.36 Å². The Morgan fingerprint density at radius 1 is 1.24 bits per heavy atom. The number of amides is 1. The van der Waals surface area contributed by atoms with Crippen LogP contribution < -0.4 is 15.4 Å². The lowest BCUT2D eigenvalue weighted by Crippen LogP contribution is -2.27. The number of carbonyl (C=O) groups excluding carboxylic acids is 1. The highest BCUT2D eigenvalue weighted by Gasteiger charge is 2.40. The fraction of sp³-hybridized carbons (Fsp3) is 0.357. The van der Waals surface area contributed by atoms with Gasteiger partial charge in [-0.1, -0.05) is 6.08 Å². The van der Waals surface area contributed by atoms with Crippen molar-refractivity contribution in [3.05, 3.63) is 35.9 Å². The lowest BCUT2D eigenvalue weighted by molar-refractivity contribution is -0.274. The third-order valence-electron chi connectivity index (χ3n) is 3.67. The number of carbonyl (C=O) groups is 1. The molecule has 2 N–H and O–H groups in total. The Hall–Kier alpha value is -2.02. The van der Waals surface area contributed by atoms with Crippen LogP contribution in [-0.4, -0.2) is 24.9 Å². The predicted molar refractivity (Wildman–Crippen MR) is 69.6 cm³/mol. The molecule has 0 saturated carbocycles. The number of anilines is 1. The van der Waals surface area contributed by atoms with Crippen LogP contribution in [0.5, 0.6) is 5.75 Å². The van der Waals surface area contributed by atoms with Crippen LogP contribution in [0.4, 0.5) is 18.9 Å². The highest BCUT2D eigenvalue weighted by atomic mass is 19.4. The maximum absolute atomic E-state index is 12.2. The molecule has 1 aromatic rings. The standard InChI is InChI=1S/C14H13F3N2O2/c15-14(16,17)21-11-3-1-10(2-4-11)19-7-8-5-9(18)6-12(8)13(19)20/h1-4,6,8-9H,5,7,18H2. The van der Waals surface area contributed by atoms with Gasteiger partial charge in [-0.15, -0.1) is 13.2 Å². The van der Waals surface area contributed by atoms with Crippen molar-refractivity contribution in [1.29, 1.82) is 0 Å². The van der Waals surface area contributed by atoms with Crippen molar-refractivity contribution in [2.45, 2.75) is 18.8 Å². The molecule has 1 amide bonds. The van der Waals surface area contributed by atoms with E-state index in [1.807, 2.05) is 0 Å². The Morgan fingerprint density at radius 3 is 2.48 bits per heavy atom.